The highest BCUT2D eigenvalue weighted by atomic mass is 32.1. The Kier molecular flexibility index (Phi) is 4.45. The molecule has 0 unspecified atom stereocenters. The van der Waals surface area contributed by atoms with Gasteiger partial charge < -0.3 is 19.7 Å². The zero-order valence-electron chi connectivity index (χ0n) is 15.3. The molecular formula is C20H19N3O3S. The van der Waals surface area contributed by atoms with Crippen molar-refractivity contribution in [3.8, 4) is 22.1 Å². The minimum absolute atomic E-state index is 0.170. The minimum atomic E-state index is -0.170. The topological polar surface area (TPSA) is 63.7 Å². The molecule has 0 saturated carbocycles. The molecule has 0 spiro atoms. The van der Waals surface area contributed by atoms with Gasteiger partial charge in [0.2, 0.25) is 6.79 Å². The molecule has 1 aromatic heterocycles. The van der Waals surface area contributed by atoms with Crippen LogP contribution >= 0.6 is 11.3 Å². The number of ether oxygens (including phenoxy) is 2. The predicted molar refractivity (Wildman–Crippen MR) is 107 cm³/mol. The van der Waals surface area contributed by atoms with Crippen molar-refractivity contribution in [2.45, 2.75) is 6.92 Å². The van der Waals surface area contributed by atoms with Crippen LogP contribution in [0, 0.1) is 6.92 Å². The fourth-order valence-corrected chi connectivity index (χ4v) is 3.78. The van der Waals surface area contributed by atoms with Crippen molar-refractivity contribution in [2.75, 3.05) is 31.1 Å². The smallest absolute Gasteiger partial charge is 0.267 e. The van der Waals surface area contributed by atoms with Crippen molar-refractivity contribution >= 4 is 28.6 Å². The van der Waals surface area contributed by atoms with Crippen LogP contribution in [0.2, 0.25) is 0 Å². The summed E-state index contributed by atoms with van der Waals surface area (Å²) in [6, 6.07) is 11.5. The summed E-state index contributed by atoms with van der Waals surface area (Å²) in [6.45, 7) is 2.26. The Labute approximate surface area is 161 Å². The Morgan fingerprint density at radius 3 is 2.74 bits per heavy atom. The van der Waals surface area contributed by atoms with Gasteiger partial charge in [0.25, 0.3) is 5.91 Å². The van der Waals surface area contributed by atoms with Gasteiger partial charge in [-0.25, -0.2) is 4.98 Å². The molecule has 0 fully saturated rings. The third-order valence-corrected chi connectivity index (χ3v) is 5.33. The van der Waals surface area contributed by atoms with Crippen LogP contribution in [0.25, 0.3) is 10.6 Å². The molecule has 7 heteroatoms. The molecule has 0 radical (unpaired) electrons. The van der Waals surface area contributed by atoms with Crippen molar-refractivity contribution in [3.05, 3.63) is 53.0 Å². The molecule has 4 rings (SSSR count). The van der Waals surface area contributed by atoms with Crippen LogP contribution in [0.15, 0.2) is 42.6 Å². The molecule has 6 nitrogen and oxygen atoms in total. The quantitative estimate of drug-likeness (QED) is 0.735. The van der Waals surface area contributed by atoms with E-state index < -0.39 is 0 Å². The average Bonchev–Trinajstić information content (AvgIpc) is 3.30. The number of fused-ring (bicyclic) bond motifs is 1. The second-order valence-corrected chi connectivity index (χ2v) is 7.48. The van der Waals surface area contributed by atoms with Crippen molar-refractivity contribution in [1.29, 1.82) is 0 Å². The van der Waals surface area contributed by atoms with E-state index in [2.05, 4.69) is 10.3 Å². The molecule has 1 aliphatic heterocycles. The number of benzene rings is 2. The van der Waals surface area contributed by atoms with Crippen molar-refractivity contribution < 1.29 is 14.3 Å². The summed E-state index contributed by atoms with van der Waals surface area (Å²) < 4.78 is 10.7. The van der Waals surface area contributed by atoms with Crippen molar-refractivity contribution in [2.24, 2.45) is 0 Å². The minimum Gasteiger partial charge on any atom is -0.454 e. The van der Waals surface area contributed by atoms with E-state index in [1.165, 1.54) is 11.3 Å². The number of anilines is 2. The van der Waals surface area contributed by atoms with Gasteiger partial charge in [-0.2, -0.15) is 0 Å². The third kappa shape index (κ3) is 3.46. The Morgan fingerprint density at radius 1 is 1.15 bits per heavy atom. The number of rotatable bonds is 4. The number of hydrogen-bond acceptors (Lipinski definition) is 6. The predicted octanol–water partition coefficient (Wildman–Crippen LogP) is 4.17. The molecule has 138 valence electrons. The summed E-state index contributed by atoms with van der Waals surface area (Å²) in [5.41, 5.74) is 3.88. The number of thiazole rings is 1. The molecule has 2 aromatic carbocycles. The number of amides is 1. The van der Waals surface area contributed by atoms with Gasteiger partial charge >= 0.3 is 0 Å². The number of carbonyl (C=O) groups excluding carboxylic acids is 1. The number of carbonyl (C=O) groups is 1. The molecule has 0 aliphatic carbocycles. The van der Waals surface area contributed by atoms with Crippen LogP contribution in [-0.4, -0.2) is 31.8 Å². The first-order chi connectivity index (χ1) is 13.0. The molecule has 1 amide bonds. The van der Waals surface area contributed by atoms with Gasteiger partial charge in [-0.15, -0.1) is 11.3 Å². The van der Waals surface area contributed by atoms with Gasteiger partial charge in [0.15, 0.2) is 11.5 Å². The first-order valence-corrected chi connectivity index (χ1v) is 9.28. The van der Waals surface area contributed by atoms with Gasteiger partial charge in [-0.3, -0.25) is 4.79 Å². The lowest BCUT2D eigenvalue weighted by molar-refractivity contribution is 0.103. The van der Waals surface area contributed by atoms with Gasteiger partial charge in [0, 0.05) is 31.0 Å². The molecule has 27 heavy (non-hydrogen) atoms. The zero-order chi connectivity index (χ0) is 19.0. The Balaban J connectivity index is 1.51. The largest absolute Gasteiger partial charge is 0.454 e. The van der Waals surface area contributed by atoms with E-state index in [4.69, 9.17) is 9.47 Å². The lowest BCUT2D eigenvalue weighted by Crippen LogP contribution is -2.12. The van der Waals surface area contributed by atoms with Crippen LogP contribution in [0.5, 0.6) is 11.5 Å². The van der Waals surface area contributed by atoms with Gasteiger partial charge in [-0.05, 0) is 48.9 Å². The molecule has 0 atom stereocenters. The maximum Gasteiger partial charge on any atom is 0.267 e. The first kappa shape index (κ1) is 17.4. The highest BCUT2D eigenvalue weighted by Crippen LogP contribution is 2.37. The lowest BCUT2D eigenvalue weighted by Gasteiger charge is -2.16. The second kappa shape index (κ2) is 6.92. The van der Waals surface area contributed by atoms with Gasteiger partial charge in [0.1, 0.15) is 9.88 Å². The summed E-state index contributed by atoms with van der Waals surface area (Å²) in [5.74, 6) is 1.26. The van der Waals surface area contributed by atoms with Crippen LogP contribution in [0.3, 0.4) is 0 Å². The third-order valence-electron chi connectivity index (χ3n) is 4.29. The second-order valence-electron chi connectivity index (χ2n) is 6.45. The number of aryl methyl sites for hydroxylation is 1. The van der Waals surface area contributed by atoms with E-state index >= 15 is 0 Å². The zero-order valence-corrected chi connectivity index (χ0v) is 16.1. The first-order valence-electron chi connectivity index (χ1n) is 8.46. The summed E-state index contributed by atoms with van der Waals surface area (Å²) in [5, 5.41) is 3.70. The van der Waals surface area contributed by atoms with Crippen LogP contribution in [-0.2, 0) is 0 Å². The fraction of sp³-hybridized carbons (Fsp3) is 0.200. The van der Waals surface area contributed by atoms with E-state index in [1.54, 1.807) is 6.20 Å². The van der Waals surface area contributed by atoms with Gasteiger partial charge in [0.05, 0.1) is 6.20 Å². The molecule has 0 saturated heterocycles. The summed E-state index contributed by atoms with van der Waals surface area (Å²) in [6.07, 6.45) is 1.60. The van der Waals surface area contributed by atoms with E-state index in [-0.39, 0.29) is 12.7 Å². The monoisotopic (exact) mass is 381 g/mol. The molecule has 0 bridgehead atoms. The average molecular weight is 381 g/mol. The standard InChI is InChI=1S/C20H19N3O3S/c1-12-8-14(5-6-15(12)23(2)3)22-19(24)18-10-21-20(27-18)13-4-7-16-17(9-13)26-11-25-16/h4-10H,11H2,1-3H3,(H,22,24). The van der Waals surface area contributed by atoms with Crippen LogP contribution in [0.4, 0.5) is 11.4 Å². The normalized spacial score (nSPS) is 12.1. The number of nitrogens with zero attached hydrogens (tertiary/aromatic N) is 2. The Hall–Kier alpha value is -3.06. The van der Waals surface area contributed by atoms with Crippen molar-refractivity contribution in [3.63, 3.8) is 0 Å². The molecular weight excluding hydrogens is 362 g/mol. The van der Waals surface area contributed by atoms with E-state index in [0.29, 0.717) is 10.6 Å². The molecule has 3 aromatic rings. The Bertz CT molecular complexity index is 1010. The Morgan fingerprint density at radius 2 is 1.96 bits per heavy atom. The van der Waals surface area contributed by atoms with Gasteiger partial charge in [-0.1, -0.05) is 0 Å². The summed E-state index contributed by atoms with van der Waals surface area (Å²) in [7, 11) is 3.99. The maximum atomic E-state index is 12.6. The van der Waals surface area contributed by atoms with Crippen LogP contribution in [0.1, 0.15) is 15.2 Å². The van der Waals surface area contributed by atoms with E-state index in [1.807, 2.05) is 62.3 Å². The number of aromatic nitrogens is 1. The summed E-state index contributed by atoms with van der Waals surface area (Å²) >= 11 is 1.34. The van der Waals surface area contributed by atoms with Crippen LogP contribution < -0.4 is 19.7 Å². The molecule has 2 heterocycles. The van der Waals surface area contributed by atoms with Crippen molar-refractivity contribution in [1.82, 2.24) is 4.98 Å². The molecule has 1 N–H and O–H groups in total. The highest BCUT2D eigenvalue weighted by Gasteiger charge is 2.17. The fourth-order valence-electron chi connectivity index (χ4n) is 2.97. The molecule has 1 aliphatic rings. The number of nitrogens with one attached hydrogen (secondary N) is 1. The van der Waals surface area contributed by atoms with E-state index in [9.17, 15) is 4.79 Å². The lowest BCUT2D eigenvalue weighted by atomic mass is 10.1. The SMILES string of the molecule is Cc1cc(NC(=O)c2cnc(-c3ccc4c(c3)OCO4)s2)ccc1N(C)C. The van der Waals surface area contributed by atoms with E-state index in [0.717, 1.165) is 33.3 Å². The maximum absolute atomic E-state index is 12.6. The number of hydrogen-bond donors (Lipinski definition) is 1. The summed E-state index contributed by atoms with van der Waals surface area (Å²) in [4.78, 5) is 19.6. The highest BCUT2D eigenvalue weighted by molar-refractivity contribution is 7.17.